The molecule has 0 aromatic heterocycles. The van der Waals surface area contributed by atoms with E-state index in [0.717, 1.165) is 22.3 Å². The number of esters is 4. The second kappa shape index (κ2) is 49.3. The molecule has 0 aliphatic heterocycles. The zero-order chi connectivity index (χ0) is 83.3. The van der Waals surface area contributed by atoms with Crippen LogP contribution in [0.2, 0.25) is 0 Å². The van der Waals surface area contributed by atoms with Gasteiger partial charge < -0.3 is 99.4 Å². The van der Waals surface area contributed by atoms with Crippen molar-refractivity contribution in [2.75, 3.05) is 52.6 Å². The van der Waals surface area contributed by atoms with Gasteiger partial charge in [0.2, 0.25) is 0 Å². The Balaban J connectivity index is 1.80. The van der Waals surface area contributed by atoms with Gasteiger partial charge in [0, 0.05) is 26.2 Å². The lowest BCUT2D eigenvalue weighted by Crippen LogP contribution is -2.51. The first-order valence-electron chi connectivity index (χ1n) is 37.9. The molecule has 32 heteroatoms. The summed E-state index contributed by atoms with van der Waals surface area (Å²) >= 11 is 0. The van der Waals surface area contributed by atoms with E-state index in [0.29, 0.717) is 0 Å². The molecule has 8 N–H and O–H groups in total. The van der Waals surface area contributed by atoms with E-state index < -0.39 is 151 Å². The molecule has 4 atom stereocenters. The highest BCUT2D eigenvalue weighted by Crippen LogP contribution is 2.25. The lowest BCUT2D eigenvalue weighted by molar-refractivity contribution is -0.174. The maximum absolute atomic E-state index is 14.9. The summed E-state index contributed by atoms with van der Waals surface area (Å²) in [5, 5.41) is 20.8. The maximum Gasteiger partial charge on any atom is 0.408 e. The second-order valence-electron chi connectivity index (χ2n) is 30.7. The first-order chi connectivity index (χ1) is 53.4. The fourth-order valence-corrected chi connectivity index (χ4v) is 10.1. The minimum atomic E-state index is -2.24. The zero-order valence-electron chi connectivity index (χ0n) is 67.1. The average molecular weight is 1590 g/mol. The molecule has 4 aromatic carbocycles. The Morgan fingerprint density at radius 3 is 0.619 bits per heavy atom. The highest BCUT2D eigenvalue weighted by atomic mass is 16.6. The molecule has 0 saturated carbocycles. The Bertz CT molecular complexity index is 3120. The van der Waals surface area contributed by atoms with Crippen LogP contribution in [0, 0.1) is 5.41 Å². The van der Waals surface area contributed by atoms with E-state index in [4.69, 9.17) is 56.8 Å². The second-order valence-corrected chi connectivity index (χ2v) is 30.7. The highest BCUT2D eigenvalue weighted by Gasteiger charge is 2.42. The van der Waals surface area contributed by atoms with Gasteiger partial charge in [-0.25, -0.2) is 57.5 Å². The minimum Gasteiger partial charge on any atom is -0.463 e. The van der Waals surface area contributed by atoms with E-state index in [1.165, 1.54) is 0 Å². The summed E-state index contributed by atoms with van der Waals surface area (Å²) < 4.78 is 67.9. The zero-order valence-corrected chi connectivity index (χ0v) is 67.1. The molecule has 0 fully saturated rings. The molecule has 0 spiro atoms. The molecule has 32 nitrogen and oxygen atoms in total. The van der Waals surface area contributed by atoms with Gasteiger partial charge in [-0.2, -0.15) is 0 Å². The molecule has 0 unspecified atom stereocenters. The van der Waals surface area contributed by atoms with E-state index in [1.807, 2.05) is 24.3 Å². The number of amides is 8. The van der Waals surface area contributed by atoms with Gasteiger partial charge in [-0.3, -0.25) is 0 Å². The molecular weight excluding hydrogens is 1470 g/mol. The normalized spacial score (nSPS) is 12.5. The van der Waals surface area contributed by atoms with Crippen molar-refractivity contribution in [1.82, 2.24) is 42.5 Å². The van der Waals surface area contributed by atoms with Crippen molar-refractivity contribution >= 4 is 72.6 Å². The molecule has 0 heterocycles. The Morgan fingerprint density at radius 1 is 0.257 bits per heavy atom. The van der Waals surface area contributed by atoms with Crippen molar-refractivity contribution in [2.45, 2.75) is 233 Å². The predicted octanol–water partition coefficient (Wildman–Crippen LogP) is 12.1. The molecule has 0 aliphatic carbocycles. The van der Waals surface area contributed by atoms with Crippen molar-refractivity contribution in [3.8, 4) is 0 Å². The number of carbonyl (C=O) groups is 12. The number of benzene rings is 4. The van der Waals surface area contributed by atoms with Crippen molar-refractivity contribution in [2.24, 2.45) is 5.41 Å². The Hall–Kier alpha value is -11.1. The maximum atomic E-state index is 14.9. The monoisotopic (exact) mass is 1580 g/mol. The molecule has 4 aromatic rings. The molecule has 0 radical (unpaired) electrons. The summed E-state index contributed by atoms with van der Waals surface area (Å²) in [7, 11) is 0. The van der Waals surface area contributed by atoms with E-state index in [-0.39, 0.29) is 130 Å². The van der Waals surface area contributed by atoms with Crippen LogP contribution in [0.5, 0.6) is 0 Å². The molecule has 0 bridgehead atoms. The highest BCUT2D eigenvalue weighted by molar-refractivity contribution is 5.84. The average Bonchev–Trinajstić information content (AvgIpc) is 0.832. The third kappa shape index (κ3) is 44.5. The smallest absolute Gasteiger partial charge is 0.408 e. The van der Waals surface area contributed by atoms with Gasteiger partial charge in [-0.15, -0.1) is 0 Å². The van der Waals surface area contributed by atoms with Crippen LogP contribution in [0.1, 0.15) is 182 Å². The van der Waals surface area contributed by atoms with Gasteiger partial charge >= 0.3 is 72.6 Å². The van der Waals surface area contributed by atoms with Gasteiger partial charge in [0.15, 0.2) is 0 Å². The number of unbranched alkanes of at least 4 members (excludes halogenated alkanes) is 4. The molecule has 8 amide bonds. The lowest BCUT2D eigenvalue weighted by atomic mass is 9.91. The Labute approximate surface area is 661 Å². The van der Waals surface area contributed by atoms with Crippen molar-refractivity contribution < 1.29 is 114 Å². The van der Waals surface area contributed by atoms with Crippen molar-refractivity contribution in [3.63, 3.8) is 0 Å². The summed E-state index contributed by atoms with van der Waals surface area (Å²) in [5.74, 6) is -4.59. The number of alkyl carbamates (subject to hydrolysis) is 8. The summed E-state index contributed by atoms with van der Waals surface area (Å²) in [6.07, 6.45) is -6.16. The van der Waals surface area contributed by atoms with Gasteiger partial charge in [-0.05, 0) is 182 Å². The third-order valence-corrected chi connectivity index (χ3v) is 15.6. The van der Waals surface area contributed by atoms with Crippen LogP contribution < -0.4 is 42.5 Å². The van der Waals surface area contributed by atoms with Crippen LogP contribution in [0.3, 0.4) is 0 Å². The lowest BCUT2D eigenvalue weighted by Gasteiger charge is -2.34. The fourth-order valence-electron chi connectivity index (χ4n) is 10.1. The molecule has 4 rings (SSSR count). The van der Waals surface area contributed by atoms with Crippen LogP contribution in [0.15, 0.2) is 121 Å². The summed E-state index contributed by atoms with van der Waals surface area (Å²) in [4.78, 5) is 165. The first-order valence-corrected chi connectivity index (χ1v) is 37.9. The molecular formula is C81H116N8O24. The Morgan fingerprint density at radius 2 is 0.442 bits per heavy atom. The number of hydrogen-bond donors (Lipinski definition) is 8. The predicted molar refractivity (Wildman–Crippen MR) is 413 cm³/mol. The number of carbonyl (C=O) groups excluding carboxylic acids is 12. The van der Waals surface area contributed by atoms with E-state index in [1.54, 1.807) is 180 Å². The van der Waals surface area contributed by atoms with Gasteiger partial charge in [0.1, 0.15) is 105 Å². The number of ether oxygens (including phenoxy) is 12. The SMILES string of the molecule is CC(C)(C)OC(=O)N[C@@H](CCCCNC(=O)OCc1ccccc1)C(=O)OCC(COC(=O)[C@H](CCCCNC(=O)OCc1ccccc1)NC(=O)OC(C)(C)C)(COC(=O)[C@H](CCCCNC(=O)OCc1ccccc1)NC(=O)OC(C)(C)C)COC(=O)[C@H](CCCCNC(=O)OCc1ccccc1)NC(=O)OC(C)(C)C. The molecule has 113 heavy (non-hydrogen) atoms. The van der Waals surface area contributed by atoms with Crippen molar-refractivity contribution in [1.29, 1.82) is 0 Å². The molecule has 0 saturated heterocycles. The van der Waals surface area contributed by atoms with E-state index >= 15 is 0 Å². The minimum absolute atomic E-state index is 0.00494. The van der Waals surface area contributed by atoms with Gasteiger partial charge in [-0.1, -0.05) is 121 Å². The summed E-state index contributed by atoms with van der Waals surface area (Å²) in [6.45, 7) is 15.3. The van der Waals surface area contributed by atoms with Crippen LogP contribution in [0.4, 0.5) is 38.4 Å². The number of hydrogen-bond acceptors (Lipinski definition) is 24. The van der Waals surface area contributed by atoms with Crippen LogP contribution in [-0.2, 0) is 102 Å². The third-order valence-electron chi connectivity index (χ3n) is 15.6. The Kier molecular flexibility index (Phi) is 41.2. The summed E-state index contributed by atoms with van der Waals surface area (Å²) in [6, 6.07) is 29.8. The molecule has 0 aliphatic rings. The first kappa shape index (κ1) is 94.3. The van der Waals surface area contributed by atoms with Crippen molar-refractivity contribution in [3.05, 3.63) is 144 Å². The summed E-state index contributed by atoms with van der Waals surface area (Å²) in [5.41, 5.74) is -3.54. The number of nitrogens with one attached hydrogen (secondary N) is 8. The largest absolute Gasteiger partial charge is 0.463 e. The quantitative estimate of drug-likeness (QED) is 0.0116. The fraction of sp³-hybridized carbons (Fsp3) is 0.556. The standard InChI is InChI=1S/C81H116N8O24/c1-77(2,3)110-73(98)86-61(41-25-29-45-82-69(94)102-49-57-33-17-13-18-34-57)65(90)106-53-81(54-107-66(91)62(87-74(99)111-78(4,5)6)42-26-30-46-83-70(95)103-50-58-35-19-14-20-36-58,55-108-67(92)63(88-75(100)112-79(7,8)9)43-27-31-47-84-71(96)104-51-59-37-21-15-22-38-59)56-109-68(93)64(89-76(101)113-80(10,11)12)44-28-32-48-85-72(97)105-52-60-39-23-16-24-40-60/h13-24,33-40,61-64H,25-32,41-56H2,1-12H3,(H,82,94)(H,83,95)(H,84,96)(H,85,97)(H,86,98)(H,87,99)(H,88,100)(H,89,101)/t61-,62-,63-,64-/m0/s1. The topological polar surface area (TPSA) is 412 Å². The molecule has 624 valence electrons. The van der Waals surface area contributed by atoms with Crippen LogP contribution >= 0.6 is 0 Å². The number of rotatable bonds is 44. The van der Waals surface area contributed by atoms with Crippen LogP contribution in [0.25, 0.3) is 0 Å². The van der Waals surface area contributed by atoms with E-state index in [2.05, 4.69) is 42.5 Å². The van der Waals surface area contributed by atoms with Gasteiger partial charge in [0.25, 0.3) is 0 Å². The van der Waals surface area contributed by atoms with E-state index in [9.17, 15) is 57.5 Å². The van der Waals surface area contributed by atoms with Crippen LogP contribution in [-0.4, -0.2) is 172 Å². The van der Waals surface area contributed by atoms with Gasteiger partial charge in [0.05, 0.1) is 0 Å².